The molecule has 2 heteroatoms. The van der Waals surface area contributed by atoms with Gasteiger partial charge in [-0.2, -0.15) is 0 Å². The first-order chi connectivity index (χ1) is 8.31. The van der Waals surface area contributed by atoms with Crippen LogP contribution in [0.4, 0.5) is 0 Å². The van der Waals surface area contributed by atoms with Gasteiger partial charge in [0.2, 0.25) is 0 Å². The van der Waals surface area contributed by atoms with Crippen molar-refractivity contribution in [2.24, 2.45) is 17.6 Å². The Kier molecular flexibility index (Phi) is 5.30. The van der Waals surface area contributed by atoms with E-state index in [4.69, 9.17) is 5.73 Å². The maximum atomic E-state index is 5.91. The highest BCUT2D eigenvalue weighted by Gasteiger charge is 2.27. The minimum atomic E-state index is 0.700. The molecule has 2 aliphatic rings. The molecule has 0 aromatic heterocycles. The Morgan fingerprint density at radius 1 is 1.00 bits per heavy atom. The molecule has 0 radical (unpaired) electrons. The van der Waals surface area contributed by atoms with Crippen LogP contribution in [0.1, 0.15) is 64.7 Å². The lowest BCUT2D eigenvalue weighted by Gasteiger charge is -2.37. The van der Waals surface area contributed by atoms with Crippen LogP contribution in [0.5, 0.6) is 0 Å². The molecule has 0 aromatic carbocycles. The largest absolute Gasteiger partial charge is 0.330 e. The summed E-state index contributed by atoms with van der Waals surface area (Å²) in [6.07, 6.45) is 12.7. The summed E-state index contributed by atoms with van der Waals surface area (Å²) in [7, 11) is 0. The van der Waals surface area contributed by atoms with Gasteiger partial charge < -0.3 is 11.1 Å². The van der Waals surface area contributed by atoms with Gasteiger partial charge in [0.05, 0.1) is 0 Å². The Hall–Kier alpha value is -0.0800. The second kappa shape index (κ2) is 6.75. The molecule has 100 valence electrons. The van der Waals surface area contributed by atoms with Crippen molar-refractivity contribution in [2.45, 2.75) is 76.8 Å². The third-order valence-corrected chi connectivity index (χ3v) is 5.05. The van der Waals surface area contributed by atoms with E-state index in [1.54, 1.807) is 0 Å². The van der Waals surface area contributed by atoms with Crippen molar-refractivity contribution in [3.8, 4) is 0 Å². The molecule has 2 fully saturated rings. The van der Waals surface area contributed by atoms with E-state index < -0.39 is 0 Å². The molecular weight excluding hydrogens is 208 g/mol. The molecule has 2 nitrogen and oxygen atoms in total. The van der Waals surface area contributed by atoms with Gasteiger partial charge in [-0.25, -0.2) is 0 Å². The fourth-order valence-electron chi connectivity index (χ4n) is 3.82. The molecule has 3 atom stereocenters. The van der Waals surface area contributed by atoms with Gasteiger partial charge in [0.15, 0.2) is 0 Å². The lowest BCUT2D eigenvalue weighted by molar-refractivity contribution is 0.204. The van der Waals surface area contributed by atoms with Crippen molar-refractivity contribution < 1.29 is 0 Å². The first-order valence-corrected chi connectivity index (χ1v) is 7.77. The van der Waals surface area contributed by atoms with Crippen LogP contribution in [-0.2, 0) is 0 Å². The van der Waals surface area contributed by atoms with Crippen molar-refractivity contribution in [2.75, 3.05) is 6.54 Å². The van der Waals surface area contributed by atoms with Gasteiger partial charge in [-0.05, 0) is 51.0 Å². The number of hydrogen-bond donors (Lipinski definition) is 2. The Labute approximate surface area is 107 Å². The maximum absolute atomic E-state index is 5.91. The molecule has 0 saturated heterocycles. The second-order valence-corrected chi connectivity index (χ2v) is 6.24. The van der Waals surface area contributed by atoms with Gasteiger partial charge >= 0.3 is 0 Å². The monoisotopic (exact) mass is 238 g/mol. The quantitative estimate of drug-likeness (QED) is 0.790. The van der Waals surface area contributed by atoms with E-state index in [0.717, 1.165) is 18.4 Å². The van der Waals surface area contributed by atoms with Crippen LogP contribution in [0.2, 0.25) is 0 Å². The van der Waals surface area contributed by atoms with Gasteiger partial charge in [0, 0.05) is 12.1 Å². The van der Waals surface area contributed by atoms with Crippen LogP contribution in [0, 0.1) is 11.8 Å². The maximum Gasteiger partial charge on any atom is 0.0110 e. The molecule has 3 unspecified atom stereocenters. The molecule has 17 heavy (non-hydrogen) atoms. The molecule has 0 aromatic rings. The normalized spacial score (nSPS) is 33.5. The molecule has 0 aliphatic heterocycles. The highest BCUT2D eigenvalue weighted by Crippen LogP contribution is 2.29. The summed E-state index contributed by atoms with van der Waals surface area (Å²) in [4.78, 5) is 0. The average molecular weight is 238 g/mol. The summed E-state index contributed by atoms with van der Waals surface area (Å²) >= 11 is 0. The fraction of sp³-hybridized carbons (Fsp3) is 1.00. The van der Waals surface area contributed by atoms with Crippen LogP contribution in [0.15, 0.2) is 0 Å². The number of hydrogen-bond acceptors (Lipinski definition) is 2. The third-order valence-electron chi connectivity index (χ3n) is 5.05. The van der Waals surface area contributed by atoms with Crippen LogP contribution in [-0.4, -0.2) is 18.6 Å². The Morgan fingerprint density at radius 3 is 2.35 bits per heavy atom. The summed E-state index contributed by atoms with van der Waals surface area (Å²) in [5.41, 5.74) is 5.91. The lowest BCUT2D eigenvalue weighted by Crippen LogP contribution is -2.48. The Balaban J connectivity index is 1.81. The Morgan fingerprint density at radius 2 is 1.65 bits per heavy atom. The molecule has 3 N–H and O–H groups in total. The van der Waals surface area contributed by atoms with E-state index >= 15 is 0 Å². The lowest BCUT2D eigenvalue weighted by atomic mass is 9.81. The Bertz CT molecular complexity index is 211. The third kappa shape index (κ3) is 3.69. The first-order valence-electron chi connectivity index (χ1n) is 7.77. The SMILES string of the molecule is CC(NC1CCCCC1CN)C1CCCCC1. The van der Waals surface area contributed by atoms with Crippen molar-refractivity contribution in [1.29, 1.82) is 0 Å². The van der Waals surface area contributed by atoms with Crippen molar-refractivity contribution in [3.63, 3.8) is 0 Å². The molecule has 0 spiro atoms. The molecule has 2 rings (SSSR count). The highest BCUT2D eigenvalue weighted by atomic mass is 15.0. The van der Waals surface area contributed by atoms with Gasteiger partial charge in [-0.1, -0.05) is 32.1 Å². The minimum Gasteiger partial charge on any atom is -0.330 e. The van der Waals surface area contributed by atoms with Gasteiger partial charge in [0.25, 0.3) is 0 Å². The minimum absolute atomic E-state index is 0.700. The van der Waals surface area contributed by atoms with Crippen molar-refractivity contribution in [1.82, 2.24) is 5.32 Å². The molecular formula is C15H30N2. The second-order valence-electron chi connectivity index (χ2n) is 6.24. The average Bonchev–Trinajstić information content (AvgIpc) is 2.40. The summed E-state index contributed by atoms with van der Waals surface area (Å²) in [5.74, 6) is 1.65. The van der Waals surface area contributed by atoms with Gasteiger partial charge in [0.1, 0.15) is 0 Å². The summed E-state index contributed by atoms with van der Waals surface area (Å²) in [6.45, 7) is 3.27. The van der Waals surface area contributed by atoms with Gasteiger partial charge in [-0.15, -0.1) is 0 Å². The van der Waals surface area contributed by atoms with Crippen LogP contribution < -0.4 is 11.1 Å². The summed E-state index contributed by atoms with van der Waals surface area (Å²) in [5, 5.41) is 3.91. The molecule has 0 heterocycles. The number of nitrogens with two attached hydrogens (primary N) is 1. The zero-order valence-electron chi connectivity index (χ0n) is 11.5. The van der Waals surface area contributed by atoms with Crippen LogP contribution in [0.3, 0.4) is 0 Å². The molecule has 2 saturated carbocycles. The smallest absolute Gasteiger partial charge is 0.0110 e. The van der Waals surface area contributed by atoms with E-state index in [1.165, 1.54) is 57.8 Å². The zero-order valence-corrected chi connectivity index (χ0v) is 11.5. The molecule has 2 aliphatic carbocycles. The van der Waals surface area contributed by atoms with E-state index in [9.17, 15) is 0 Å². The van der Waals surface area contributed by atoms with E-state index in [2.05, 4.69) is 12.2 Å². The van der Waals surface area contributed by atoms with E-state index in [0.29, 0.717) is 12.1 Å². The highest BCUT2D eigenvalue weighted by molar-refractivity contribution is 4.86. The van der Waals surface area contributed by atoms with E-state index in [-0.39, 0.29) is 0 Å². The predicted octanol–water partition coefficient (Wildman–Crippen LogP) is 3.06. The van der Waals surface area contributed by atoms with Crippen LogP contribution in [0.25, 0.3) is 0 Å². The molecule has 0 amide bonds. The number of nitrogens with one attached hydrogen (secondary N) is 1. The molecule has 0 bridgehead atoms. The van der Waals surface area contributed by atoms with Crippen molar-refractivity contribution >= 4 is 0 Å². The predicted molar refractivity (Wildman–Crippen MR) is 74.0 cm³/mol. The topological polar surface area (TPSA) is 38.0 Å². The first kappa shape index (κ1) is 13.4. The van der Waals surface area contributed by atoms with Crippen LogP contribution >= 0.6 is 0 Å². The van der Waals surface area contributed by atoms with Crippen molar-refractivity contribution in [3.05, 3.63) is 0 Å². The van der Waals surface area contributed by atoms with E-state index in [1.807, 2.05) is 0 Å². The van der Waals surface area contributed by atoms with Gasteiger partial charge in [-0.3, -0.25) is 0 Å². The standard InChI is InChI=1S/C15H30N2/c1-12(13-7-3-2-4-8-13)17-15-10-6-5-9-14(15)11-16/h12-15,17H,2-11,16H2,1H3. The fourth-order valence-corrected chi connectivity index (χ4v) is 3.82. The number of rotatable bonds is 4. The zero-order chi connectivity index (χ0) is 12.1. The summed E-state index contributed by atoms with van der Waals surface area (Å²) < 4.78 is 0. The summed E-state index contributed by atoms with van der Waals surface area (Å²) in [6, 6.07) is 1.40.